The van der Waals surface area contributed by atoms with Gasteiger partial charge in [-0.1, -0.05) is 61.2 Å². The van der Waals surface area contributed by atoms with Gasteiger partial charge in [0, 0.05) is 30.8 Å². The molecule has 0 radical (unpaired) electrons. The molecule has 3 N–H and O–H groups in total. The maximum Gasteiger partial charge on any atom is 0.303 e. The van der Waals surface area contributed by atoms with Crippen molar-refractivity contribution in [3.05, 3.63) is 102 Å². The van der Waals surface area contributed by atoms with E-state index in [1.165, 1.54) is 6.07 Å². The number of likely N-dealkylation sites (tertiary alicyclic amines) is 1. The first-order valence-electron chi connectivity index (χ1n) is 14.1. The molecule has 42 heavy (non-hydrogen) atoms. The first-order valence-corrected chi connectivity index (χ1v) is 14.1. The van der Waals surface area contributed by atoms with Crippen LogP contribution in [0.15, 0.2) is 79.4 Å². The molecule has 0 amide bonds. The van der Waals surface area contributed by atoms with Gasteiger partial charge in [0.1, 0.15) is 23.4 Å². The van der Waals surface area contributed by atoms with Gasteiger partial charge in [-0.2, -0.15) is 0 Å². The molecule has 1 saturated heterocycles. The van der Waals surface area contributed by atoms with Crippen molar-refractivity contribution in [1.29, 1.82) is 0 Å². The Morgan fingerprint density at radius 1 is 1.00 bits per heavy atom. The van der Waals surface area contributed by atoms with Crippen LogP contribution in [0.5, 0.6) is 11.5 Å². The molecule has 1 aliphatic rings. The molecule has 1 heterocycles. The van der Waals surface area contributed by atoms with Crippen molar-refractivity contribution in [2.24, 2.45) is 5.73 Å². The monoisotopic (exact) mass is 570 g/mol. The Morgan fingerprint density at radius 2 is 1.64 bits per heavy atom. The van der Waals surface area contributed by atoms with Crippen molar-refractivity contribution in [1.82, 2.24) is 4.90 Å². The molecule has 0 spiro atoms. The average Bonchev–Trinajstić information content (AvgIpc) is 2.97. The number of nitrogens with two attached hydrogens (primary N) is 1. The Morgan fingerprint density at radius 3 is 2.29 bits per heavy atom. The van der Waals surface area contributed by atoms with E-state index < -0.39 is 5.97 Å². The lowest BCUT2D eigenvalue weighted by Gasteiger charge is -2.30. The molecule has 4 aromatic rings. The number of aliphatic carboxylic acids is 1. The topological polar surface area (TPSA) is 85.0 Å². The molecule has 0 aromatic heterocycles. The summed E-state index contributed by atoms with van der Waals surface area (Å²) in [6.07, 6.45) is 2.80. The number of fused-ring (bicyclic) bond motifs is 1. The van der Waals surface area contributed by atoms with E-state index in [0.717, 1.165) is 70.5 Å². The summed E-state index contributed by atoms with van der Waals surface area (Å²) in [5, 5.41) is 11.3. The van der Waals surface area contributed by atoms with Crippen molar-refractivity contribution in [3.8, 4) is 22.6 Å². The van der Waals surface area contributed by atoms with Gasteiger partial charge in [-0.15, -0.1) is 0 Å². The summed E-state index contributed by atoms with van der Waals surface area (Å²) < 4.78 is 25.2. The molecule has 1 fully saturated rings. The van der Waals surface area contributed by atoms with Gasteiger partial charge in [0.25, 0.3) is 0 Å². The lowest BCUT2D eigenvalue weighted by molar-refractivity contribution is -0.136. The number of hydrogen-bond donors (Lipinski definition) is 2. The molecule has 0 saturated carbocycles. The van der Waals surface area contributed by atoms with E-state index in [4.69, 9.17) is 20.3 Å². The number of halogens is 1. The van der Waals surface area contributed by atoms with Crippen LogP contribution in [0, 0.1) is 12.7 Å². The third kappa shape index (κ3) is 7.28. The van der Waals surface area contributed by atoms with E-state index in [1.807, 2.05) is 36.4 Å². The number of piperidine rings is 1. The minimum Gasteiger partial charge on any atom is -0.496 e. The maximum absolute atomic E-state index is 13.0. The first-order chi connectivity index (χ1) is 20.2. The van der Waals surface area contributed by atoms with Crippen LogP contribution < -0.4 is 15.2 Å². The van der Waals surface area contributed by atoms with Crippen molar-refractivity contribution in [3.63, 3.8) is 0 Å². The number of carboxylic acids is 1. The van der Waals surface area contributed by atoms with Crippen LogP contribution in [0.4, 0.5) is 4.39 Å². The Balaban J connectivity index is 0.000000310. The van der Waals surface area contributed by atoms with Crippen molar-refractivity contribution < 1.29 is 23.8 Å². The Kier molecular flexibility index (Phi) is 10.2. The van der Waals surface area contributed by atoms with Gasteiger partial charge in [0.05, 0.1) is 12.7 Å². The zero-order valence-electron chi connectivity index (χ0n) is 24.5. The van der Waals surface area contributed by atoms with Gasteiger partial charge in [-0.3, -0.25) is 4.79 Å². The Hall–Kier alpha value is -4.36. The summed E-state index contributed by atoms with van der Waals surface area (Å²) in [7, 11) is 3.83. The van der Waals surface area contributed by atoms with E-state index in [9.17, 15) is 9.18 Å². The fourth-order valence-corrected chi connectivity index (χ4v) is 5.42. The van der Waals surface area contributed by atoms with Crippen LogP contribution in [0.25, 0.3) is 27.6 Å². The number of hydrogen-bond acceptors (Lipinski definition) is 5. The molecule has 1 aliphatic heterocycles. The summed E-state index contributed by atoms with van der Waals surface area (Å²) >= 11 is 0. The van der Waals surface area contributed by atoms with Crippen LogP contribution in [-0.4, -0.2) is 49.3 Å². The predicted molar refractivity (Wildman–Crippen MR) is 167 cm³/mol. The van der Waals surface area contributed by atoms with Crippen LogP contribution in [0.1, 0.15) is 36.0 Å². The molecule has 6 nitrogen and oxygen atoms in total. The fraction of sp³-hybridized carbons (Fsp3) is 0.286. The van der Waals surface area contributed by atoms with Gasteiger partial charge in [0.15, 0.2) is 0 Å². The van der Waals surface area contributed by atoms with E-state index in [1.54, 1.807) is 26.2 Å². The fourth-order valence-electron chi connectivity index (χ4n) is 5.42. The van der Waals surface area contributed by atoms with Gasteiger partial charge >= 0.3 is 5.97 Å². The summed E-state index contributed by atoms with van der Waals surface area (Å²) in [5.74, 6) is 0.510. The zero-order chi connectivity index (χ0) is 30.2. The van der Waals surface area contributed by atoms with Crippen LogP contribution in [0.3, 0.4) is 0 Å². The van der Waals surface area contributed by atoms with E-state index >= 15 is 0 Å². The van der Waals surface area contributed by atoms with Crippen LogP contribution in [0.2, 0.25) is 0 Å². The van der Waals surface area contributed by atoms with Crippen molar-refractivity contribution in [2.75, 3.05) is 27.2 Å². The highest BCUT2D eigenvalue weighted by Gasteiger charge is 2.22. The average molecular weight is 571 g/mol. The number of ether oxygens (including phenoxy) is 2. The smallest absolute Gasteiger partial charge is 0.303 e. The largest absolute Gasteiger partial charge is 0.496 e. The maximum atomic E-state index is 13.0. The first kappa shape index (κ1) is 30.6. The Bertz CT molecular complexity index is 1540. The quantitative estimate of drug-likeness (QED) is 0.236. The number of carboxylic acid groups (broad SMARTS) is 1. The lowest BCUT2D eigenvalue weighted by atomic mass is 9.93. The second kappa shape index (κ2) is 14.0. The molecular weight excluding hydrogens is 531 g/mol. The molecule has 220 valence electrons. The molecule has 5 rings (SSSR count). The number of benzene rings is 4. The normalized spacial score (nSPS) is 13.7. The minimum atomic E-state index is -0.785. The zero-order valence-corrected chi connectivity index (χ0v) is 24.5. The highest BCUT2D eigenvalue weighted by atomic mass is 19.1. The van der Waals surface area contributed by atoms with Gasteiger partial charge in [-0.05, 0) is 78.9 Å². The molecule has 0 atom stereocenters. The van der Waals surface area contributed by atoms with Gasteiger partial charge in [0.2, 0.25) is 0 Å². The summed E-state index contributed by atoms with van der Waals surface area (Å²) in [4.78, 5) is 13.4. The Labute approximate surface area is 247 Å². The lowest BCUT2D eigenvalue weighted by Crippen LogP contribution is -2.35. The number of rotatable bonds is 8. The third-order valence-corrected chi connectivity index (χ3v) is 7.60. The van der Waals surface area contributed by atoms with E-state index in [0.29, 0.717) is 12.0 Å². The highest BCUT2D eigenvalue weighted by molar-refractivity contribution is 6.01. The minimum absolute atomic E-state index is 0.114. The molecule has 0 aliphatic carbocycles. The molecule has 7 heteroatoms. The summed E-state index contributed by atoms with van der Waals surface area (Å²) in [5.41, 5.74) is 9.92. The number of carbonyl (C=O) groups is 1. The molecular formula is C35H39FN2O4. The van der Waals surface area contributed by atoms with E-state index in [-0.39, 0.29) is 24.0 Å². The van der Waals surface area contributed by atoms with Crippen molar-refractivity contribution >= 4 is 22.4 Å². The third-order valence-electron chi connectivity index (χ3n) is 7.60. The highest BCUT2D eigenvalue weighted by Crippen LogP contribution is 2.43. The summed E-state index contributed by atoms with van der Waals surface area (Å²) in [6.45, 7) is 7.35. The van der Waals surface area contributed by atoms with Crippen LogP contribution in [-0.2, 0) is 11.2 Å². The second-order valence-corrected chi connectivity index (χ2v) is 10.6. The van der Waals surface area contributed by atoms with Gasteiger partial charge < -0.3 is 25.2 Å². The predicted octanol–water partition coefficient (Wildman–Crippen LogP) is 7.07. The number of aryl methyl sites for hydroxylation is 2. The SMILES string of the molecule is C=C(N)c1c(C)cccc1F.COc1cccc(OC2CCN(C)CC2)c1-c1cccc2c(CCC(=O)O)cccc12. The molecule has 0 unspecified atom stereocenters. The van der Waals surface area contributed by atoms with E-state index in [2.05, 4.69) is 36.7 Å². The van der Waals surface area contributed by atoms with Gasteiger partial charge in [-0.25, -0.2) is 4.39 Å². The summed E-state index contributed by atoms with van der Waals surface area (Å²) in [6, 6.07) is 23.0. The van der Waals surface area contributed by atoms with Crippen LogP contribution >= 0.6 is 0 Å². The van der Waals surface area contributed by atoms with Crippen molar-refractivity contribution in [2.45, 2.75) is 38.7 Å². The molecule has 0 bridgehead atoms. The molecule has 4 aromatic carbocycles. The number of methoxy groups -OCH3 is 1. The standard InChI is InChI=1S/C26H29NO4.C9H10FN/c1-27-16-14-19(15-17-27)31-24-11-5-10-23(30-2)26(24)22-9-4-7-20-18(12-13-25(28)29)6-3-8-21(20)22;1-6-4-3-5-8(10)9(6)7(2)11/h3-11,19H,12-17H2,1-2H3,(H,28,29);3-5H,2,11H2,1H3. The second-order valence-electron chi connectivity index (χ2n) is 10.6. The number of nitrogens with zero attached hydrogens (tertiary/aromatic N) is 1.